The van der Waals surface area contributed by atoms with Crippen molar-refractivity contribution >= 4 is 34.1 Å². The topological polar surface area (TPSA) is 24.9 Å². The van der Waals surface area contributed by atoms with E-state index in [4.69, 9.17) is 9.47 Å². The molecule has 10 aromatic carbocycles. The van der Waals surface area contributed by atoms with Crippen molar-refractivity contribution in [3.63, 3.8) is 0 Å². The van der Waals surface area contributed by atoms with Crippen LogP contribution in [0.3, 0.4) is 0 Å². The third-order valence-electron chi connectivity index (χ3n) is 12.1. The Morgan fingerprint density at radius 1 is 0.227 bits per heavy atom. The number of hydrogen-bond acceptors (Lipinski definition) is 4. The Labute approximate surface area is 387 Å². The van der Waals surface area contributed by atoms with Crippen molar-refractivity contribution in [3.05, 3.63) is 255 Å². The van der Waals surface area contributed by atoms with Crippen LogP contribution in [0.25, 0.3) is 55.6 Å². The summed E-state index contributed by atoms with van der Waals surface area (Å²) in [6.07, 6.45) is 0. The second-order valence-corrected chi connectivity index (χ2v) is 16.1. The van der Waals surface area contributed by atoms with Gasteiger partial charge in [-0.05, 0) is 142 Å². The summed E-state index contributed by atoms with van der Waals surface area (Å²) in [6.45, 7) is 0. The Kier molecular flexibility index (Phi) is 11.9. The van der Waals surface area contributed by atoms with Crippen molar-refractivity contribution in [1.29, 1.82) is 0 Å². The Bertz CT molecular complexity index is 2940. The molecule has 0 aliphatic carbocycles. The van der Waals surface area contributed by atoms with Gasteiger partial charge in [0.1, 0.15) is 11.5 Å². The number of methoxy groups -OCH3 is 2. The van der Waals surface area contributed by atoms with Gasteiger partial charge in [0.25, 0.3) is 0 Å². The van der Waals surface area contributed by atoms with Crippen LogP contribution in [-0.4, -0.2) is 14.2 Å². The van der Waals surface area contributed by atoms with Gasteiger partial charge in [-0.15, -0.1) is 0 Å². The molecule has 0 bridgehead atoms. The summed E-state index contributed by atoms with van der Waals surface area (Å²) >= 11 is 0. The van der Waals surface area contributed by atoms with Gasteiger partial charge in [0.2, 0.25) is 0 Å². The predicted molar refractivity (Wildman–Crippen MR) is 276 cm³/mol. The maximum Gasteiger partial charge on any atom is 0.126 e. The first-order valence-electron chi connectivity index (χ1n) is 22.2. The highest BCUT2D eigenvalue weighted by molar-refractivity contribution is 5.84. The summed E-state index contributed by atoms with van der Waals surface area (Å²) in [6, 6.07) is 90.0. The molecule has 0 radical (unpaired) electrons. The smallest absolute Gasteiger partial charge is 0.126 e. The van der Waals surface area contributed by atoms with Gasteiger partial charge in [-0.3, -0.25) is 0 Å². The lowest BCUT2D eigenvalue weighted by molar-refractivity contribution is 0.416. The molecule has 318 valence electrons. The zero-order valence-corrected chi connectivity index (χ0v) is 37.0. The molecule has 10 rings (SSSR count). The van der Waals surface area contributed by atoms with Crippen LogP contribution in [-0.2, 0) is 0 Å². The Morgan fingerprint density at radius 3 is 0.758 bits per heavy atom. The van der Waals surface area contributed by atoms with Crippen molar-refractivity contribution in [1.82, 2.24) is 0 Å². The summed E-state index contributed by atoms with van der Waals surface area (Å²) < 4.78 is 11.5. The fraction of sp³-hybridized carbons (Fsp3) is 0.0323. The largest absolute Gasteiger partial charge is 0.496 e. The highest BCUT2D eigenvalue weighted by Crippen LogP contribution is 2.41. The SMILES string of the molecule is COc1ccc(-c2ccc(N(c3ccccc3)c3ccc(-c4ccc(N(c5ccccc5)c5ccc(-c6ccc(OC)c(-c7ccccc7)c6)cc5)cc4)cc3)cc2)cc1-c1ccccc1. The third kappa shape index (κ3) is 8.68. The molecule has 0 aliphatic rings. The van der Waals surface area contributed by atoms with Crippen molar-refractivity contribution < 1.29 is 9.47 Å². The van der Waals surface area contributed by atoms with E-state index in [1.165, 1.54) is 0 Å². The standard InChI is InChI=1S/C62H48N2O2/c1-65-61-41-31-51(43-59(61)49-15-7-3-8-16-49)47-27-37-57(38-28-47)63(53-19-11-5-12-20-53)55-33-23-45(24-34-55)46-25-35-56(36-26-46)64(54-21-13-6-14-22-54)58-39-29-48(30-40-58)52-32-42-62(66-2)60(44-52)50-17-9-4-10-18-50/h3-44H,1-2H3. The number of benzene rings is 10. The lowest BCUT2D eigenvalue weighted by atomic mass is 9.97. The van der Waals surface area contributed by atoms with E-state index in [0.29, 0.717) is 0 Å². The van der Waals surface area contributed by atoms with Gasteiger partial charge in [0.15, 0.2) is 0 Å². The lowest BCUT2D eigenvalue weighted by Crippen LogP contribution is -2.10. The van der Waals surface area contributed by atoms with Gasteiger partial charge >= 0.3 is 0 Å². The van der Waals surface area contributed by atoms with E-state index in [9.17, 15) is 0 Å². The van der Waals surface area contributed by atoms with Crippen molar-refractivity contribution in [3.8, 4) is 67.1 Å². The first kappa shape index (κ1) is 41.4. The molecular formula is C62H48N2O2. The van der Waals surface area contributed by atoms with E-state index in [2.05, 4.69) is 252 Å². The van der Waals surface area contributed by atoms with E-state index in [-0.39, 0.29) is 0 Å². The molecule has 10 aromatic rings. The molecule has 4 nitrogen and oxygen atoms in total. The van der Waals surface area contributed by atoms with Crippen LogP contribution in [0.2, 0.25) is 0 Å². The summed E-state index contributed by atoms with van der Waals surface area (Å²) in [5.74, 6) is 1.71. The van der Waals surface area contributed by atoms with Gasteiger partial charge in [-0.25, -0.2) is 0 Å². The van der Waals surface area contributed by atoms with Crippen molar-refractivity contribution in [2.24, 2.45) is 0 Å². The Morgan fingerprint density at radius 2 is 0.470 bits per heavy atom. The molecule has 0 heterocycles. The Balaban J connectivity index is 0.912. The van der Waals surface area contributed by atoms with Crippen LogP contribution < -0.4 is 19.3 Å². The van der Waals surface area contributed by atoms with E-state index >= 15 is 0 Å². The zero-order valence-electron chi connectivity index (χ0n) is 37.0. The van der Waals surface area contributed by atoms with Gasteiger partial charge in [-0.2, -0.15) is 0 Å². The molecule has 0 aromatic heterocycles. The zero-order chi connectivity index (χ0) is 44.7. The van der Waals surface area contributed by atoms with Crippen LogP contribution in [0.4, 0.5) is 34.1 Å². The monoisotopic (exact) mass is 852 g/mol. The minimum absolute atomic E-state index is 0.857. The number of nitrogens with zero attached hydrogens (tertiary/aromatic N) is 2. The van der Waals surface area contributed by atoms with Crippen molar-refractivity contribution in [2.45, 2.75) is 0 Å². The second-order valence-electron chi connectivity index (χ2n) is 16.1. The molecule has 0 aliphatic heterocycles. The molecule has 0 spiro atoms. The molecule has 0 fully saturated rings. The van der Waals surface area contributed by atoms with Gasteiger partial charge in [0.05, 0.1) is 14.2 Å². The molecule has 0 saturated heterocycles. The lowest BCUT2D eigenvalue weighted by Gasteiger charge is -2.26. The maximum absolute atomic E-state index is 5.74. The maximum atomic E-state index is 5.74. The number of para-hydroxylation sites is 2. The number of rotatable bonds is 13. The molecule has 4 heteroatoms. The fourth-order valence-electron chi connectivity index (χ4n) is 8.72. The summed E-state index contributed by atoms with van der Waals surface area (Å²) in [5.41, 5.74) is 17.7. The van der Waals surface area contributed by atoms with Gasteiger partial charge in [0, 0.05) is 45.3 Å². The molecular weight excluding hydrogens is 805 g/mol. The first-order valence-corrected chi connectivity index (χ1v) is 22.2. The summed E-state index contributed by atoms with van der Waals surface area (Å²) in [7, 11) is 3.45. The minimum Gasteiger partial charge on any atom is -0.496 e. The van der Waals surface area contributed by atoms with Crippen LogP contribution in [0.5, 0.6) is 11.5 Å². The quantitative estimate of drug-likeness (QED) is 0.115. The summed E-state index contributed by atoms with van der Waals surface area (Å²) in [5, 5.41) is 0. The fourth-order valence-corrected chi connectivity index (χ4v) is 8.72. The molecule has 0 atom stereocenters. The van der Waals surface area contributed by atoms with E-state index in [1.807, 2.05) is 12.1 Å². The first-order chi connectivity index (χ1) is 32.6. The molecule has 66 heavy (non-hydrogen) atoms. The molecule has 0 unspecified atom stereocenters. The average Bonchev–Trinajstić information content (AvgIpc) is 3.40. The molecule has 0 N–H and O–H groups in total. The van der Waals surface area contributed by atoms with E-state index in [1.54, 1.807) is 14.2 Å². The van der Waals surface area contributed by atoms with Gasteiger partial charge < -0.3 is 19.3 Å². The van der Waals surface area contributed by atoms with Crippen LogP contribution in [0.1, 0.15) is 0 Å². The number of ether oxygens (including phenoxy) is 2. The average molecular weight is 853 g/mol. The summed E-state index contributed by atoms with van der Waals surface area (Å²) in [4.78, 5) is 4.61. The van der Waals surface area contributed by atoms with Crippen LogP contribution in [0, 0.1) is 0 Å². The van der Waals surface area contributed by atoms with E-state index in [0.717, 1.165) is 101 Å². The van der Waals surface area contributed by atoms with Crippen LogP contribution >= 0.6 is 0 Å². The molecule has 0 saturated carbocycles. The minimum atomic E-state index is 0.857. The van der Waals surface area contributed by atoms with Crippen molar-refractivity contribution in [2.75, 3.05) is 24.0 Å². The predicted octanol–water partition coefficient (Wildman–Crippen LogP) is 17.0. The van der Waals surface area contributed by atoms with E-state index < -0.39 is 0 Å². The number of hydrogen-bond donors (Lipinski definition) is 0. The molecule has 0 amide bonds. The van der Waals surface area contributed by atoms with Gasteiger partial charge in [-0.1, -0.05) is 158 Å². The van der Waals surface area contributed by atoms with Crippen LogP contribution in [0.15, 0.2) is 255 Å². The highest BCUT2D eigenvalue weighted by Gasteiger charge is 2.17. The third-order valence-corrected chi connectivity index (χ3v) is 12.1. The second kappa shape index (κ2) is 19.0. The Hall–Kier alpha value is -8.60. The highest BCUT2D eigenvalue weighted by atomic mass is 16.5. The normalized spacial score (nSPS) is 10.9. The number of anilines is 6.